The number of halogens is 3. The molecule has 0 fully saturated rings. The Morgan fingerprint density at radius 1 is 1.13 bits per heavy atom. The van der Waals surface area contributed by atoms with Crippen LogP contribution in [-0.2, 0) is 11.2 Å². The molecule has 0 bridgehead atoms. The van der Waals surface area contributed by atoms with E-state index in [1.807, 2.05) is 24.3 Å². The summed E-state index contributed by atoms with van der Waals surface area (Å²) < 4.78 is 39.9. The molecule has 5 nitrogen and oxygen atoms in total. The minimum Gasteiger partial charge on any atom is -0.348 e. The first-order chi connectivity index (χ1) is 14.2. The van der Waals surface area contributed by atoms with E-state index in [-0.39, 0.29) is 17.8 Å². The fourth-order valence-corrected chi connectivity index (χ4v) is 3.31. The van der Waals surface area contributed by atoms with Gasteiger partial charge in [0.25, 0.3) is 12.7 Å². The maximum absolute atomic E-state index is 13.8. The number of alkyl halides is 3. The Bertz CT molecular complexity index is 1030. The lowest BCUT2D eigenvalue weighted by Gasteiger charge is -2.14. The van der Waals surface area contributed by atoms with Gasteiger partial charge in [0.1, 0.15) is 0 Å². The van der Waals surface area contributed by atoms with Crippen LogP contribution >= 0.6 is 0 Å². The molecule has 3 rings (SSSR count). The van der Waals surface area contributed by atoms with E-state index in [0.29, 0.717) is 27.4 Å². The van der Waals surface area contributed by atoms with Gasteiger partial charge in [-0.2, -0.15) is 5.10 Å². The highest BCUT2D eigenvalue weighted by Gasteiger charge is 2.25. The van der Waals surface area contributed by atoms with Crippen LogP contribution in [0.15, 0.2) is 36.5 Å². The molecule has 0 radical (unpaired) electrons. The van der Waals surface area contributed by atoms with Crippen LogP contribution in [0.1, 0.15) is 61.5 Å². The number of aromatic nitrogens is 3. The molecule has 0 aliphatic heterocycles. The summed E-state index contributed by atoms with van der Waals surface area (Å²) in [6, 6.07) is 9.16. The van der Waals surface area contributed by atoms with Crippen molar-refractivity contribution in [3.8, 4) is 0 Å². The fraction of sp³-hybridized carbons (Fsp3) is 0.409. The third-order valence-electron chi connectivity index (χ3n) is 5.07. The van der Waals surface area contributed by atoms with Crippen molar-refractivity contribution in [3.05, 3.63) is 59.0 Å². The predicted molar refractivity (Wildman–Crippen MR) is 109 cm³/mol. The summed E-state index contributed by atoms with van der Waals surface area (Å²) in [4.78, 5) is 16.7. The van der Waals surface area contributed by atoms with Crippen molar-refractivity contribution in [2.24, 2.45) is 0 Å². The fourth-order valence-electron chi connectivity index (χ4n) is 3.31. The van der Waals surface area contributed by atoms with Crippen LogP contribution in [0.2, 0.25) is 0 Å². The topological polar surface area (TPSA) is 59.8 Å². The van der Waals surface area contributed by atoms with Gasteiger partial charge < -0.3 is 5.32 Å². The standard InChI is InChI=1S/C22H25F3N4O/c1-12(2)16-7-5-15(6-8-16)9-20(30)27-14(4)18-10-17-13(3)28-29(19(17)11-26-18)22(25)21(23)24/h5-8,10-12,14,21-22H,9H2,1-4H3,(H,27,30). The molecule has 8 heteroatoms. The summed E-state index contributed by atoms with van der Waals surface area (Å²) in [5, 5.41) is 7.30. The maximum Gasteiger partial charge on any atom is 0.289 e. The average molecular weight is 418 g/mol. The van der Waals surface area contributed by atoms with Crippen molar-refractivity contribution in [2.45, 2.75) is 58.8 Å². The number of carbonyl (C=O) groups excluding carboxylic acids is 1. The number of hydrogen-bond acceptors (Lipinski definition) is 3. The summed E-state index contributed by atoms with van der Waals surface area (Å²) in [6.45, 7) is 7.62. The Morgan fingerprint density at radius 2 is 1.80 bits per heavy atom. The van der Waals surface area contributed by atoms with Gasteiger partial charge in [-0.25, -0.2) is 17.9 Å². The lowest BCUT2D eigenvalue weighted by molar-refractivity contribution is -0.121. The summed E-state index contributed by atoms with van der Waals surface area (Å²) in [6.07, 6.45) is -4.17. The molecule has 2 aromatic heterocycles. The zero-order valence-electron chi connectivity index (χ0n) is 17.4. The van der Waals surface area contributed by atoms with Crippen molar-refractivity contribution in [1.29, 1.82) is 0 Å². The Hall–Kier alpha value is -2.90. The second kappa shape index (κ2) is 8.85. The molecular weight excluding hydrogens is 393 g/mol. The van der Waals surface area contributed by atoms with Crippen molar-refractivity contribution in [3.63, 3.8) is 0 Å². The molecule has 1 aromatic carbocycles. The molecule has 0 spiro atoms. The average Bonchev–Trinajstić information content (AvgIpc) is 3.03. The zero-order valence-corrected chi connectivity index (χ0v) is 17.4. The highest BCUT2D eigenvalue weighted by Crippen LogP contribution is 2.27. The molecule has 1 N–H and O–H groups in total. The number of nitrogens with zero attached hydrogens (tertiary/aromatic N) is 3. The van der Waals surface area contributed by atoms with E-state index in [9.17, 15) is 18.0 Å². The first-order valence-corrected chi connectivity index (χ1v) is 9.82. The van der Waals surface area contributed by atoms with Crippen LogP contribution in [0.25, 0.3) is 10.9 Å². The first-order valence-electron chi connectivity index (χ1n) is 9.82. The van der Waals surface area contributed by atoms with Crippen molar-refractivity contribution in [2.75, 3.05) is 0 Å². The summed E-state index contributed by atoms with van der Waals surface area (Å²) >= 11 is 0. The van der Waals surface area contributed by atoms with Gasteiger partial charge in [-0.05, 0) is 37.0 Å². The summed E-state index contributed by atoms with van der Waals surface area (Å²) in [5.74, 6) is 0.269. The van der Waals surface area contributed by atoms with Crippen LogP contribution < -0.4 is 5.32 Å². The number of pyridine rings is 1. The predicted octanol–water partition coefficient (Wildman–Crippen LogP) is 5.02. The minimum absolute atomic E-state index is 0.157. The van der Waals surface area contributed by atoms with Crippen LogP contribution in [0, 0.1) is 6.92 Å². The van der Waals surface area contributed by atoms with E-state index in [1.54, 1.807) is 19.9 Å². The Balaban J connectivity index is 1.72. The summed E-state index contributed by atoms with van der Waals surface area (Å²) in [7, 11) is 0. The molecule has 3 aromatic rings. The Kier molecular flexibility index (Phi) is 6.43. The van der Waals surface area contributed by atoms with Gasteiger partial charge in [0.05, 0.1) is 35.6 Å². The van der Waals surface area contributed by atoms with Crippen molar-refractivity contribution >= 4 is 16.8 Å². The molecule has 0 saturated heterocycles. The van der Waals surface area contributed by atoms with Gasteiger partial charge in [-0.1, -0.05) is 38.1 Å². The van der Waals surface area contributed by atoms with Gasteiger partial charge in [0.15, 0.2) is 0 Å². The van der Waals surface area contributed by atoms with E-state index in [0.717, 1.165) is 5.56 Å². The molecule has 30 heavy (non-hydrogen) atoms. The molecule has 0 aliphatic rings. The van der Waals surface area contributed by atoms with Crippen LogP contribution in [0.3, 0.4) is 0 Å². The van der Waals surface area contributed by atoms with Crippen molar-refractivity contribution < 1.29 is 18.0 Å². The van der Waals surface area contributed by atoms with Gasteiger partial charge in [0, 0.05) is 5.39 Å². The lowest BCUT2D eigenvalue weighted by Crippen LogP contribution is -2.28. The number of hydrogen-bond donors (Lipinski definition) is 1. The normalized spacial score (nSPS) is 13.8. The van der Waals surface area contributed by atoms with Gasteiger partial charge in [-0.3, -0.25) is 9.78 Å². The summed E-state index contributed by atoms with van der Waals surface area (Å²) in [5.41, 5.74) is 3.27. The molecular formula is C22H25F3N4O. The second-order valence-corrected chi connectivity index (χ2v) is 7.73. The monoisotopic (exact) mass is 418 g/mol. The maximum atomic E-state index is 13.8. The van der Waals surface area contributed by atoms with Gasteiger partial charge in [-0.15, -0.1) is 0 Å². The number of carbonyl (C=O) groups is 1. The molecule has 1 amide bonds. The second-order valence-electron chi connectivity index (χ2n) is 7.73. The molecule has 0 aliphatic carbocycles. The SMILES string of the molecule is Cc1nn(C(F)C(F)F)c2cnc(C(C)NC(=O)Cc3ccc(C(C)C)cc3)cc12. The molecule has 2 unspecified atom stereocenters. The number of fused-ring (bicyclic) bond motifs is 1. The Morgan fingerprint density at radius 3 is 2.40 bits per heavy atom. The van der Waals surface area contributed by atoms with Gasteiger partial charge in [0.2, 0.25) is 5.91 Å². The van der Waals surface area contributed by atoms with E-state index >= 15 is 0 Å². The lowest BCUT2D eigenvalue weighted by atomic mass is 10.0. The molecule has 2 heterocycles. The Labute approximate surface area is 173 Å². The zero-order chi connectivity index (χ0) is 22.0. The third-order valence-corrected chi connectivity index (χ3v) is 5.07. The largest absolute Gasteiger partial charge is 0.348 e. The molecule has 160 valence electrons. The third kappa shape index (κ3) is 4.63. The first kappa shape index (κ1) is 21.8. The highest BCUT2D eigenvalue weighted by molar-refractivity contribution is 5.82. The van der Waals surface area contributed by atoms with E-state index in [1.165, 1.54) is 11.8 Å². The molecule has 2 atom stereocenters. The van der Waals surface area contributed by atoms with Crippen LogP contribution in [0.4, 0.5) is 13.2 Å². The van der Waals surface area contributed by atoms with E-state index in [2.05, 4.69) is 29.2 Å². The quantitative estimate of drug-likeness (QED) is 0.586. The van der Waals surface area contributed by atoms with E-state index in [4.69, 9.17) is 0 Å². The number of nitrogens with one attached hydrogen (secondary N) is 1. The number of rotatable bonds is 7. The van der Waals surface area contributed by atoms with Crippen LogP contribution in [-0.4, -0.2) is 27.1 Å². The van der Waals surface area contributed by atoms with Crippen molar-refractivity contribution in [1.82, 2.24) is 20.1 Å². The van der Waals surface area contributed by atoms with Crippen LogP contribution in [0.5, 0.6) is 0 Å². The number of benzene rings is 1. The number of aryl methyl sites for hydroxylation is 1. The van der Waals surface area contributed by atoms with Gasteiger partial charge >= 0.3 is 0 Å². The minimum atomic E-state index is -3.18. The smallest absolute Gasteiger partial charge is 0.289 e. The van der Waals surface area contributed by atoms with E-state index < -0.39 is 18.8 Å². The highest BCUT2D eigenvalue weighted by atomic mass is 19.3. The molecule has 0 saturated carbocycles. The number of amides is 1.